The molecule has 2 aromatic rings. The van der Waals surface area contributed by atoms with Gasteiger partial charge in [0.1, 0.15) is 5.75 Å². The molecule has 0 saturated carbocycles. The molecule has 0 radical (unpaired) electrons. The van der Waals surface area contributed by atoms with Gasteiger partial charge in [0.25, 0.3) is 0 Å². The SMILES string of the molecule is N#CN1CSC=C1Oc1ccc(-c2ncccc2Cl)cc1. The van der Waals surface area contributed by atoms with Gasteiger partial charge in [-0.05, 0) is 36.4 Å². The number of halogens is 1. The van der Waals surface area contributed by atoms with E-state index in [-0.39, 0.29) is 0 Å². The molecule has 4 nitrogen and oxygen atoms in total. The summed E-state index contributed by atoms with van der Waals surface area (Å²) in [7, 11) is 0. The molecule has 1 aliphatic heterocycles. The summed E-state index contributed by atoms with van der Waals surface area (Å²) < 4.78 is 5.69. The maximum Gasteiger partial charge on any atom is 0.216 e. The standard InChI is InChI=1S/C15H10ClN3OS/c16-13-2-1-7-18-15(13)11-3-5-12(6-4-11)20-14-8-21-10-19(14)9-17/h1-8H,10H2. The fourth-order valence-corrected chi connectivity index (χ4v) is 2.82. The van der Waals surface area contributed by atoms with E-state index in [1.54, 1.807) is 18.3 Å². The van der Waals surface area contributed by atoms with Gasteiger partial charge in [0.2, 0.25) is 5.88 Å². The first-order valence-corrected chi connectivity index (χ1v) is 7.58. The minimum absolute atomic E-state index is 0.547. The van der Waals surface area contributed by atoms with Crippen LogP contribution >= 0.6 is 23.4 Å². The molecule has 0 amide bonds. The second-order valence-corrected chi connectivity index (χ2v) is 5.47. The van der Waals surface area contributed by atoms with Crippen LogP contribution in [0, 0.1) is 11.5 Å². The fourth-order valence-electron chi connectivity index (χ4n) is 1.87. The third kappa shape index (κ3) is 2.97. The Hall–Kier alpha value is -2.16. The van der Waals surface area contributed by atoms with Gasteiger partial charge >= 0.3 is 0 Å². The van der Waals surface area contributed by atoms with Crippen LogP contribution in [0.1, 0.15) is 0 Å². The van der Waals surface area contributed by atoms with Gasteiger partial charge in [-0.15, -0.1) is 11.8 Å². The van der Waals surface area contributed by atoms with Crippen molar-refractivity contribution < 1.29 is 4.74 Å². The number of benzene rings is 1. The van der Waals surface area contributed by atoms with Crippen molar-refractivity contribution in [1.29, 1.82) is 5.26 Å². The molecule has 2 heterocycles. The number of hydrogen-bond donors (Lipinski definition) is 0. The van der Waals surface area contributed by atoms with Crippen molar-refractivity contribution >= 4 is 23.4 Å². The second kappa shape index (κ2) is 6.08. The molecule has 0 fully saturated rings. The fraction of sp³-hybridized carbons (Fsp3) is 0.0667. The predicted octanol–water partition coefficient (Wildman–Crippen LogP) is 4.07. The van der Waals surface area contributed by atoms with E-state index in [1.807, 2.05) is 29.7 Å². The number of aromatic nitrogens is 1. The summed E-state index contributed by atoms with van der Waals surface area (Å²) >= 11 is 7.65. The Labute approximate surface area is 131 Å². The van der Waals surface area contributed by atoms with E-state index in [9.17, 15) is 0 Å². The van der Waals surface area contributed by atoms with E-state index in [4.69, 9.17) is 21.6 Å². The van der Waals surface area contributed by atoms with Crippen LogP contribution in [-0.2, 0) is 0 Å². The predicted molar refractivity (Wildman–Crippen MR) is 83.3 cm³/mol. The monoisotopic (exact) mass is 315 g/mol. The molecule has 0 bridgehead atoms. The maximum atomic E-state index is 8.96. The van der Waals surface area contributed by atoms with Gasteiger partial charge in [0.15, 0.2) is 6.19 Å². The van der Waals surface area contributed by atoms with Gasteiger partial charge in [-0.2, -0.15) is 5.26 Å². The topological polar surface area (TPSA) is 49.2 Å². The third-order valence-corrected chi connectivity index (χ3v) is 3.96. The summed E-state index contributed by atoms with van der Waals surface area (Å²) in [5.74, 6) is 1.80. The van der Waals surface area contributed by atoms with Crippen LogP contribution in [0.3, 0.4) is 0 Å². The molecule has 6 heteroatoms. The number of hydrogen-bond acceptors (Lipinski definition) is 5. The Bertz CT molecular complexity index is 724. The summed E-state index contributed by atoms with van der Waals surface area (Å²) in [6.45, 7) is 0. The maximum absolute atomic E-state index is 8.96. The molecule has 1 aromatic carbocycles. The highest BCUT2D eigenvalue weighted by atomic mass is 35.5. The molecule has 104 valence electrons. The Kier molecular flexibility index (Phi) is 4.00. The zero-order valence-electron chi connectivity index (χ0n) is 10.9. The number of rotatable bonds is 3. The number of nitriles is 1. The number of pyridine rings is 1. The summed E-state index contributed by atoms with van der Waals surface area (Å²) in [5, 5.41) is 11.4. The van der Waals surface area contributed by atoms with Crippen LogP contribution in [0.2, 0.25) is 5.02 Å². The third-order valence-electron chi connectivity index (χ3n) is 2.88. The van der Waals surface area contributed by atoms with Crippen molar-refractivity contribution in [3.8, 4) is 23.2 Å². The summed E-state index contributed by atoms with van der Waals surface area (Å²) in [6.07, 6.45) is 3.78. The lowest BCUT2D eigenvalue weighted by Crippen LogP contribution is -2.15. The van der Waals surface area contributed by atoms with Crippen molar-refractivity contribution in [2.75, 3.05) is 5.88 Å². The number of thioether (sulfide) groups is 1. The van der Waals surface area contributed by atoms with Gasteiger partial charge in [-0.3, -0.25) is 4.98 Å². The van der Waals surface area contributed by atoms with E-state index in [0.29, 0.717) is 22.5 Å². The molecule has 1 aromatic heterocycles. The first-order valence-electron chi connectivity index (χ1n) is 6.16. The van der Waals surface area contributed by atoms with Gasteiger partial charge in [-0.1, -0.05) is 11.6 Å². The van der Waals surface area contributed by atoms with E-state index >= 15 is 0 Å². The lowest BCUT2D eigenvalue weighted by molar-refractivity contribution is 0.308. The normalized spacial score (nSPS) is 13.7. The molecule has 0 saturated heterocycles. The van der Waals surface area contributed by atoms with Crippen LogP contribution < -0.4 is 4.74 Å². The van der Waals surface area contributed by atoms with Crippen molar-refractivity contribution in [1.82, 2.24) is 9.88 Å². The van der Waals surface area contributed by atoms with E-state index in [0.717, 1.165) is 11.3 Å². The van der Waals surface area contributed by atoms with Crippen LogP contribution in [0.15, 0.2) is 53.9 Å². The Morgan fingerprint density at radius 1 is 1.29 bits per heavy atom. The summed E-state index contributed by atoms with van der Waals surface area (Å²) in [4.78, 5) is 5.76. The van der Waals surface area contributed by atoms with E-state index in [2.05, 4.69) is 11.2 Å². The van der Waals surface area contributed by atoms with Gasteiger partial charge in [0.05, 0.1) is 16.6 Å². The van der Waals surface area contributed by atoms with Gasteiger partial charge < -0.3 is 4.74 Å². The zero-order valence-corrected chi connectivity index (χ0v) is 12.4. The van der Waals surface area contributed by atoms with Crippen LogP contribution in [0.25, 0.3) is 11.3 Å². The first kappa shape index (κ1) is 13.8. The van der Waals surface area contributed by atoms with Gasteiger partial charge in [0, 0.05) is 17.2 Å². The first-order chi connectivity index (χ1) is 10.3. The molecule has 0 atom stereocenters. The highest BCUT2D eigenvalue weighted by Crippen LogP contribution is 2.29. The lowest BCUT2D eigenvalue weighted by atomic mass is 10.1. The smallest absolute Gasteiger partial charge is 0.216 e. The van der Waals surface area contributed by atoms with Crippen molar-refractivity contribution in [2.24, 2.45) is 0 Å². The lowest BCUT2D eigenvalue weighted by Gasteiger charge is -2.12. The second-order valence-electron chi connectivity index (χ2n) is 4.24. The van der Waals surface area contributed by atoms with Crippen molar-refractivity contribution in [3.63, 3.8) is 0 Å². The number of nitrogens with zero attached hydrogens (tertiary/aromatic N) is 3. The average molecular weight is 316 g/mol. The van der Waals surface area contributed by atoms with Gasteiger partial charge in [-0.25, -0.2) is 4.90 Å². The van der Waals surface area contributed by atoms with E-state index in [1.165, 1.54) is 16.7 Å². The minimum Gasteiger partial charge on any atom is -0.440 e. The highest BCUT2D eigenvalue weighted by Gasteiger charge is 2.17. The zero-order chi connectivity index (χ0) is 14.7. The molecular weight excluding hydrogens is 306 g/mol. The summed E-state index contributed by atoms with van der Waals surface area (Å²) in [5.41, 5.74) is 1.65. The molecule has 3 rings (SSSR count). The highest BCUT2D eigenvalue weighted by molar-refractivity contribution is 8.02. The average Bonchev–Trinajstić information content (AvgIpc) is 2.96. The van der Waals surface area contributed by atoms with E-state index < -0.39 is 0 Å². The van der Waals surface area contributed by atoms with Crippen LogP contribution in [-0.4, -0.2) is 15.8 Å². The quantitative estimate of drug-likeness (QED) is 0.799. The Balaban J connectivity index is 1.79. The Morgan fingerprint density at radius 2 is 2.10 bits per heavy atom. The Morgan fingerprint density at radius 3 is 2.81 bits per heavy atom. The molecule has 0 aliphatic carbocycles. The van der Waals surface area contributed by atoms with Crippen molar-refractivity contribution in [3.05, 3.63) is 58.9 Å². The largest absolute Gasteiger partial charge is 0.440 e. The molecule has 0 spiro atoms. The van der Waals surface area contributed by atoms with Crippen LogP contribution in [0.4, 0.5) is 0 Å². The molecule has 21 heavy (non-hydrogen) atoms. The molecule has 1 aliphatic rings. The van der Waals surface area contributed by atoms with Crippen molar-refractivity contribution in [2.45, 2.75) is 0 Å². The molecular formula is C15H10ClN3OS. The summed E-state index contributed by atoms with van der Waals surface area (Å²) in [6, 6.07) is 11.1. The number of ether oxygens (including phenoxy) is 1. The molecule has 0 unspecified atom stereocenters. The minimum atomic E-state index is 0.547. The molecule has 0 N–H and O–H groups in total. The van der Waals surface area contributed by atoms with Crippen LogP contribution in [0.5, 0.6) is 5.75 Å².